The van der Waals surface area contributed by atoms with Gasteiger partial charge < -0.3 is 9.84 Å². The van der Waals surface area contributed by atoms with E-state index in [1.165, 1.54) is 11.3 Å². The van der Waals surface area contributed by atoms with Crippen LogP contribution in [0.3, 0.4) is 0 Å². The Kier molecular flexibility index (Phi) is 4.43. The maximum absolute atomic E-state index is 12.3. The lowest BCUT2D eigenvalue weighted by molar-refractivity contribution is 0.102. The number of amides is 1. The highest BCUT2D eigenvalue weighted by molar-refractivity contribution is 7.13. The molecule has 2 heterocycles. The third kappa shape index (κ3) is 3.66. The third-order valence-electron chi connectivity index (χ3n) is 3.32. The van der Waals surface area contributed by atoms with Crippen molar-refractivity contribution in [2.45, 2.75) is 26.2 Å². The number of halogens is 1. The van der Waals surface area contributed by atoms with E-state index in [0.29, 0.717) is 22.3 Å². The molecule has 0 aliphatic carbocycles. The van der Waals surface area contributed by atoms with Gasteiger partial charge in [0.1, 0.15) is 16.5 Å². The van der Waals surface area contributed by atoms with Gasteiger partial charge in [0, 0.05) is 27.4 Å². The molecule has 0 radical (unpaired) electrons. The number of carbonyl (C=O) groups is 1. The van der Waals surface area contributed by atoms with Crippen molar-refractivity contribution in [2.24, 2.45) is 0 Å². The number of nitrogens with zero attached hydrogens (tertiary/aromatic N) is 2. The lowest BCUT2D eigenvalue weighted by atomic mass is 9.93. The number of aromatic nitrogens is 2. The van der Waals surface area contributed by atoms with Gasteiger partial charge in [0.25, 0.3) is 5.91 Å². The highest BCUT2D eigenvalue weighted by Gasteiger charge is 2.21. The molecule has 3 rings (SSSR count). The monoisotopic (exact) mass is 361 g/mol. The van der Waals surface area contributed by atoms with Gasteiger partial charge in [-0.2, -0.15) is 0 Å². The zero-order chi connectivity index (χ0) is 17.3. The molecule has 2 aromatic heterocycles. The molecule has 0 aliphatic rings. The van der Waals surface area contributed by atoms with Crippen LogP contribution >= 0.6 is 22.9 Å². The topological polar surface area (TPSA) is 68.0 Å². The Morgan fingerprint density at radius 3 is 2.58 bits per heavy atom. The molecule has 0 saturated carbocycles. The minimum Gasteiger partial charge on any atom is -0.359 e. The molecule has 3 aromatic rings. The quantitative estimate of drug-likeness (QED) is 0.712. The number of carbonyl (C=O) groups excluding carboxylic acids is 1. The Morgan fingerprint density at radius 1 is 1.25 bits per heavy atom. The maximum Gasteiger partial charge on any atom is 0.276 e. The van der Waals surface area contributed by atoms with Crippen molar-refractivity contribution < 1.29 is 9.32 Å². The second-order valence-corrected chi connectivity index (χ2v) is 7.62. The number of nitrogens with one attached hydrogen (secondary N) is 1. The summed E-state index contributed by atoms with van der Waals surface area (Å²) in [6, 6.07) is 9.06. The van der Waals surface area contributed by atoms with E-state index in [-0.39, 0.29) is 11.3 Å². The van der Waals surface area contributed by atoms with Gasteiger partial charge in [0.05, 0.1) is 0 Å². The van der Waals surface area contributed by atoms with E-state index in [1.54, 1.807) is 23.6 Å². The van der Waals surface area contributed by atoms with Crippen LogP contribution in [-0.2, 0) is 5.41 Å². The van der Waals surface area contributed by atoms with Gasteiger partial charge in [-0.3, -0.25) is 4.79 Å². The van der Waals surface area contributed by atoms with Crippen LogP contribution in [0.15, 0.2) is 40.2 Å². The van der Waals surface area contributed by atoms with Crippen molar-refractivity contribution in [2.75, 3.05) is 5.32 Å². The molecule has 1 N–H and O–H groups in total. The van der Waals surface area contributed by atoms with Crippen LogP contribution in [0.25, 0.3) is 10.6 Å². The van der Waals surface area contributed by atoms with Gasteiger partial charge in [-0.05, 0) is 12.1 Å². The molecule has 0 bridgehead atoms. The van der Waals surface area contributed by atoms with Crippen LogP contribution in [0.4, 0.5) is 5.82 Å². The zero-order valence-electron chi connectivity index (χ0n) is 13.5. The van der Waals surface area contributed by atoms with Crippen LogP contribution in [0.2, 0.25) is 5.02 Å². The largest absolute Gasteiger partial charge is 0.359 e. The van der Waals surface area contributed by atoms with Crippen molar-refractivity contribution >= 4 is 34.7 Å². The number of anilines is 1. The summed E-state index contributed by atoms with van der Waals surface area (Å²) in [7, 11) is 0. The number of hydrogen-bond acceptors (Lipinski definition) is 5. The first-order chi connectivity index (χ1) is 11.3. The highest BCUT2D eigenvalue weighted by atomic mass is 35.5. The fraction of sp³-hybridized carbons (Fsp3) is 0.235. The summed E-state index contributed by atoms with van der Waals surface area (Å²) in [6.45, 7) is 6.04. The van der Waals surface area contributed by atoms with E-state index in [4.69, 9.17) is 16.1 Å². The summed E-state index contributed by atoms with van der Waals surface area (Å²) in [4.78, 5) is 16.7. The number of benzene rings is 1. The zero-order valence-corrected chi connectivity index (χ0v) is 15.0. The first kappa shape index (κ1) is 16.7. The molecule has 24 heavy (non-hydrogen) atoms. The van der Waals surface area contributed by atoms with Crippen molar-refractivity contribution in [1.29, 1.82) is 0 Å². The summed E-state index contributed by atoms with van der Waals surface area (Å²) >= 11 is 7.28. The number of hydrogen-bond donors (Lipinski definition) is 1. The van der Waals surface area contributed by atoms with Gasteiger partial charge in [0.2, 0.25) is 0 Å². The highest BCUT2D eigenvalue weighted by Crippen LogP contribution is 2.27. The Morgan fingerprint density at radius 2 is 1.96 bits per heavy atom. The van der Waals surface area contributed by atoms with Gasteiger partial charge in [-0.15, -0.1) is 11.3 Å². The standard InChI is InChI=1S/C17H16ClN3O2S/c1-17(2,3)13-8-14(21-23-13)20-15(22)12-9-24-16(19-12)10-4-6-11(18)7-5-10/h4-9H,1-3H3,(H,20,21,22). The van der Waals surface area contributed by atoms with Gasteiger partial charge in [-0.25, -0.2) is 4.98 Å². The predicted molar refractivity (Wildman–Crippen MR) is 95.7 cm³/mol. The molecule has 0 spiro atoms. The average Bonchev–Trinajstić information content (AvgIpc) is 3.16. The molecule has 0 fully saturated rings. The molecule has 0 saturated heterocycles. The molecule has 5 nitrogen and oxygen atoms in total. The molecular formula is C17H16ClN3O2S. The van der Waals surface area contributed by atoms with Crippen LogP contribution in [0.1, 0.15) is 37.0 Å². The summed E-state index contributed by atoms with van der Waals surface area (Å²) < 4.78 is 5.26. The van der Waals surface area contributed by atoms with Crippen molar-refractivity contribution in [1.82, 2.24) is 10.1 Å². The smallest absolute Gasteiger partial charge is 0.276 e. The van der Waals surface area contributed by atoms with E-state index in [9.17, 15) is 4.79 Å². The Labute approximate surface area is 148 Å². The second-order valence-electron chi connectivity index (χ2n) is 6.33. The lowest BCUT2D eigenvalue weighted by Crippen LogP contribution is -2.13. The third-order valence-corrected chi connectivity index (χ3v) is 4.46. The van der Waals surface area contributed by atoms with Crippen LogP contribution in [-0.4, -0.2) is 16.0 Å². The predicted octanol–water partition coefficient (Wildman–Crippen LogP) is 5.00. The molecule has 0 unspecified atom stereocenters. The molecule has 0 aliphatic heterocycles. The fourth-order valence-electron chi connectivity index (χ4n) is 1.97. The molecule has 1 aromatic carbocycles. The minimum absolute atomic E-state index is 0.168. The molecular weight excluding hydrogens is 346 g/mol. The molecule has 1 amide bonds. The Bertz CT molecular complexity index is 863. The normalized spacial score (nSPS) is 11.5. The average molecular weight is 362 g/mol. The maximum atomic E-state index is 12.3. The van der Waals surface area contributed by atoms with Crippen molar-refractivity contribution in [3.05, 3.63) is 52.2 Å². The summed E-state index contributed by atoms with van der Waals surface area (Å²) in [5, 5.41) is 9.71. The van der Waals surface area contributed by atoms with Crippen molar-refractivity contribution in [3.63, 3.8) is 0 Å². The van der Waals surface area contributed by atoms with E-state index in [1.807, 2.05) is 32.9 Å². The van der Waals surface area contributed by atoms with E-state index >= 15 is 0 Å². The summed E-state index contributed by atoms with van der Waals surface area (Å²) in [5.41, 5.74) is 1.09. The van der Waals surface area contributed by atoms with Crippen molar-refractivity contribution in [3.8, 4) is 10.6 Å². The Balaban J connectivity index is 1.74. The van der Waals surface area contributed by atoms with Crippen LogP contribution in [0.5, 0.6) is 0 Å². The molecule has 0 atom stereocenters. The SMILES string of the molecule is CC(C)(C)c1cc(NC(=O)c2csc(-c3ccc(Cl)cc3)n2)no1. The minimum atomic E-state index is -0.319. The van der Waals surface area contributed by atoms with E-state index in [2.05, 4.69) is 15.5 Å². The van der Waals surface area contributed by atoms with Gasteiger partial charge >= 0.3 is 0 Å². The fourth-order valence-corrected chi connectivity index (χ4v) is 2.90. The van der Waals surface area contributed by atoms with Crippen LogP contribution in [0, 0.1) is 0 Å². The number of thiazole rings is 1. The summed E-state index contributed by atoms with van der Waals surface area (Å²) in [6.07, 6.45) is 0. The van der Waals surface area contributed by atoms with E-state index < -0.39 is 0 Å². The second kappa shape index (κ2) is 6.37. The Hall–Kier alpha value is -2.18. The number of rotatable bonds is 3. The van der Waals surface area contributed by atoms with Crippen LogP contribution < -0.4 is 5.32 Å². The molecule has 7 heteroatoms. The molecule has 124 valence electrons. The van der Waals surface area contributed by atoms with Gasteiger partial charge in [-0.1, -0.05) is 49.7 Å². The summed E-state index contributed by atoms with van der Waals surface area (Å²) in [5.74, 6) is 0.768. The first-order valence-corrected chi connectivity index (χ1v) is 8.59. The van der Waals surface area contributed by atoms with E-state index in [0.717, 1.165) is 10.6 Å². The first-order valence-electron chi connectivity index (χ1n) is 7.33. The van der Waals surface area contributed by atoms with Gasteiger partial charge in [0.15, 0.2) is 5.82 Å². The lowest BCUT2D eigenvalue weighted by Gasteiger charge is -2.11.